The van der Waals surface area contributed by atoms with Crippen LogP contribution in [0.5, 0.6) is 5.75 Å². The molecule has 3 rings (SSSR count). The monoisotopic (exact) mass is 354 g/mol. The molecule has 1 heterocycles. The maximum atomic E-state index is 13.5. The molecule has 0 saturated heterocycles. The number of hydrogen-bond acceptors (Lipinski definition) is 1. The zero-order valence-corrected chi connectivity index (χ0v) is 13.2. The average Bonchev–Trinajstić information content (AvgIpc) is 2.86. The number of halogens is 3. The van der Waals surface area contributed by atoms with Gasteiger partial charge >= 0.3 is 0 Å². The predicted octanol–water partition coefficient (Wildman–Crippen LogP) is 5.23. The minimum absolute atomic E-state index is 0.0326. The van der Waals surface area contributed by atoms with Crippen molar-refractivity contribution in [2.75, 3.05) is 0 Å². The van der Waals surface area contributed by atoms with Gasteiger partial charge in [-0.1, -0.05) is 51.8 Å². The Morgan fingerprint density at radius 3 is 2.85 bits per heavy atom. The van der Waals surface area contributed by atoms with Crippen LogP contribution in [0, 0.1) is 12.7 Å². The summed E-state index contributed by atoms with van der Waals surface area (Å²) in [7, 11) is 0. The number of benzene rings is 2. The van der Waals surface area contributed by atoms with Gasteiger partial charge in [0.05, 0.1) is 4.83 Å². The third-order valence-electron chi connectivity index (χ3n) is 3.57. The van der Waals surface area contributed by atoms with Crippen LogP contribution in [0.3, 0.4) is 0 Å². The van der Waals surface area contributed by atoms with Crippen LogP contribution in [0.4, 0.5) is 4.39 Å². The van der Waals surface area contributed by atoms with Gasteiger partial charge in [0.1, 0.15) is 17.7 Å². The molecule has 20 heavy (non-hydrogen) atoms. The maximum absolute atomic E-state index is 13.5. The van der Waals surface area contributed by atoms with Crippen molar-refractivity contribution in [3.63, 3.8) is 0 Å². The van der Waals surface area contributed by atoms with Crippen molar-refractivity contribution in [1.29, 1.82) is 0 Å². The van der Waals surface area contributed by atoms with Gasteiger partial charge in [0.15, 0.2) is 0 Å². The lowest BCUT2D eigenvalue weighted by Crippen LogP contribution is -2.19. The van der Waals surface area contributed by atoms with Crippen LogP contribution < -0.4 is 4.74 Å². The predicted molar refractivity (Wildman–Crippen MR) is 82.4 cm³/mol. The van der Waals surface area contributed by atoms with Gasteiger partial charge in [0.2, 0.25) is 0 Å². The molecule has 2 aromatic rings. The fourth-order valence-electron chi connectivity index (χ4n) is 2.46. The van der Waals surface area contributed by atoms with Crippen molar-refractivity contribution in [3.8, 4) is 5.75 Å². The molecular weight excluding hydrogens is 343 g/mol. The van der Waals surface area contributed by atoms with Gasteiger partial charge in [-0.25, -0.2) is 4.39 Å². The Morgan fingerprint density at radius 2 is 2.10 bits per heavy atom. The summed E-state index contributed by atoms with van der Waals surface area (Å²) in [5.41, 5.74) is 2.64. The fraction of sp³-hybridized carbons (Fsp3) is 0.250. The van der Waals surface area contributed by atoms with Gasteiger partial charge in [0.25, 0.3) is 0 Å². The quantitative estimate of drug-likeness (QED) is 0.670. The second-order valence-electron chi connectivity index (χ2n) is 4.99. The zero-order valence-electron chi connectivity index (χ0n) is 10.9. The van der Waals surface area contributed by atoms with Crippen molar-refractivity contribution >= 4 is 27.5 Å². The lowest BCUT2D eigenvalue weighted by Gasteiger charge is -2.19. The average molecular weight is 356 g/mol. The number of para-hydroxylation sites is 1. The molecule has 2 atom stereocenters. The molecule has 1 aliphatic heterocycles. The molecule has 0 radical (unpaired) electrons. The second kappa shape index (κ2) is 5.38. The van der Waals surface area contributed by atoms with Gasteiger partial charge < -0.3 is 4.74 Å². The lowest BCUT2D eigenvalue weighted by atomic mass is 10.0. The van der Waals surface area contributed by atoms with Crippen LogP contribution in [0.15, 0.2) is 36.4 Å². The normalized spacial score (nSPS) is 18.5. The van der Waals surface area contributed by atoms with Crippen molar-refractivity contribution in [2.24, 2.45) is 0 Å². The first kappa shape index (κ1) is 13.9. The Kier molecular flexibility index (Phi) is 3.74. The summed E-state index contributed by atoms with van der Waals surface area (Å²) >= 11 is 9.81. The number of rotatable bonds is 2. The third kappa shape index (κ3) is 2.45. The van der Waals surface area contributed by atoms with E-state index in [0.717, 1.165) is 17.7 Å². The molecule has 2 aromatic carbocycles. The summed E-state index contributed by atoms with van der Waals surface area (Å²) < 4.78 is 19.4. The number of ether oxygens (including phenoxy) is 1. The van der Waals surface area contributed by atoms with Crippen molar-refractivity contribution in [3.05, 3.63) is 63.9 Å². The topological polar surface area (TPSA) is 9.23 Å². The minimum Gasteiger partial charge on any atom is -0.488 e. The number of aryl methyl sites for hydroxylation is 1. The summed E-state index contributed by atoms with van der Waals surface area (Å²) in [5, 5.41) is 0.425. The molecule has 0 fully saturated rings. The van der Waals surface area contributed by atoms with Gasteiger partial charge in [0, 0.05) is 11.4 Å². The smallest absolute Gasteiger partial charge is 0.127 e. The van der Waals surface area contributed by atoms with Crippen LogP contribution in [0.25, 0.3) is 0 Å². The molecule has 4 heteroatoms. The standard InChI is InChI=1S/C16H13BrClFO/c1-9-6-11(12(18)8-13(9)19)16(17)15-7-10-4-2-3-5-14(10)20-15/h2-6,8,15-16H,7H2,1H3. The first-order valence-electron chi connectivity index (χ1n) is 6.40. The Hall–Kier alpha value is -1.06. The zero-order chi connectivity index (χ0) is 14.3. The molecule has 0 N–H and O–H groups in total. The highest BCUT2D eigenvalue weighted by atomic mass is 79.9. The van der Waals surface area contributed by atoms with Crippen LogP contribution >= 0.6 is 27.5 Å². The highest BCUT2D eigenvalue weighted by Gasteiger charge is 2.31. The van der Waals surface area contributed by atoms with Crippen molar-refractivity contribution < 1.29 is 9.13 Å². The van der Waals surface area contributed by atoms with Crippen LogP contribution in [-0.4, -0.2) is 6.10 Å². The molecule has 0 saturated carbocycles. The van der Waals surface area contributed by atoms with E-state index in [4.69, 9.17) is 16.3 Å². The highest BCUT2D eigenvalue weighted by Crippen LogP contribution is 2.40. The molecular formula is C16H13BrClFO. The summed E-state index contributed by atoms with van der Waals surface area (Å²) in [4.78, 5) is -0.0679. The van der Waals surface area contributed by atoms with Gasteiger partial charge in [-0.15, -0.1) is 0 Å². The van der Waals surface area contributed by atoms with Crippen LogP contribution in [0.1, 0.15) is 21.5 Å². The van der Waals surface area contributed by atoms with Crippen molar-refractivity contribution in [1.82, 2.24) is 0 Å². The molecule has 104 valence electrons. The van der Waals surface area contributed by atoms with E-state index in [-0.39, 0.29) is 16.7 Å². The van der Waals surface area contributed by atoms with E-state index in [0.29, 0.717) is 10.6 Å². The van der Waals surface area contributed by atoms with Crippen LogP contribution in [-0.2, 0) is 6.42 Å². The van der Waals surface area contributed by atoms with E-state index in [1.54, 1.807) is 13.0 Å². The van der Waals surface area contributed by atoms with E-state index in [1.165, 1.54) is 11.6 Å². The summed E-state index contributed by atoms with van der Waals surface area (Å²) in [5.74, 6) is 0.631. The summed E-state index contributed by atoms with van der Waals surface area (Å²) in [6, 6.07) is 11.1. The van der Waals surface area contributed by atoms with Crippen LogP contribution in [0.2, 0.25) is 5.02 Å². The van der Waals surface area contributed by atoms with E-state index < -0.39 is 0 Å². The molecule has 0 amide bonds. The number of fused-ring (bicyclic) bond motifs is 1. The molecule has 0 aliphatic carbocycles. The van der Waals surface area contributed by atoms with E-state index in [9.17, 15) is 4.39 Å². The SMILES string of the molecule is Cc1cc(C(Br)C2Cc3ccccc3O2)c(Cl)cc1F. The van der Waals surface area contributed by atoms with Gasteiger partial charge in [-0.2, -0.15) is 0 Å². The van der Waals surface area contributed by atoms with Crippen molar-refractivity contribution in [2.45, 2.75) is 24.3 Å². The third-order valence-corrected chi connectivity index (χ3v) is 4.98. The van der Waals surface area contributed by atoms with E-state index in [2.05, 4.69) is 22.0 Å². The lowest BCUT2D eigenvalue weighted by molar-refractivity contribution is 0.232. The van der Waals surface area contributed by atoms with E-state index in [1.807, 2.05) is 18.2 Å². The number of alkyl halides is 1. The largest absolute Gasteiger partial charge is 0.488 e. The Morgan fingerprint density at radius 1 is 1.35 bits per heavy atom. The Balaban J connectivity index is 1.88. The Bertz CT molecular complexity index is 634. The first-order chi connectivity index (χ1) is 9.56. The molecule has 0 spiro atoms. The molecule has 1 aliphatic rings. The maximum Gasteiger partial charge on any atom is 0.127 e. The van der Waals surface area contributed by atoms with Gasteiger partial charge in [-0.3, -0.25) is 0 Å². The summed E-state index contributed by atoms with van der Waals surface area (Å²) in [6.07, 6.45) is 0.786. The number of hydrogen-bond donors (Lipinski definition) is 0. The summed E-state index contributed by atoms with van der Waals surface area (Å²) in [6.45, 7) is 1.74. The second-order valence-corrected chi connectivity index (χ2v) is 6.39. The Labute approximate surface area is 130 Å². The molecule has 2 unspecified atom stereocenters. The molecule has 0 aromatic heterocycles. The highest BCUT2D eigenvalue weighted by molar-refractivity contribution is 9.09. The minimum atomic E-state index is -0.283. The molecule has 0 bridgehead atoms. The first-order valence-corrected chi connectivity index (χ1v) is 7.70. The molecule has 1 nitrogen and oxygen atoms in total. The fourth-order valence-corrected chi connectivity index (χ4v) is 3.54. The van der Waals surface area contributed by atoms with Gasteiger partial charge in [-0.05, 0) is 35.7 Å². The van der Waals surface area contributed by atoms with E-state index >= 15 is 0 Å².